The summed E-state index contributed by atoms with van der Waals surface area (Å²) in [6.07, 6.45) is 0. The lowest BCUT2D eigenvalue weighted by Crippen LogP contribution is -2.51. The summed E-state index contributed by atoms with van der Waals surface area (Å²) in [6.45, 7) is 4.29. The van der Waals surface area contributed by atoms with E-state index >= 15 is 0 Å². The number of urea groups is 1. The Labute approximate surface area is 162 Å². The maximum Gasteiger partial charge on any atom is 0.321 e. The van der Waals surface area contributed by atoms with Crippen molar-refractivity contribution in [1.82, 2.24) is 15.1 Å². The SMILES string of the molecule is COc1cccc(NC(=O)N2CCN(CCNC(=O)c3ccsc3)CC2)c1. The van der Waals surface area contributed by atoms with Crippen molar-refractivity contribution in [3.8, 4) is 5.75 Å². The maximum absolute atomic E-state index is 12.4. The van der Waals surface area contributed by atoms with Gasteiger partial charge in [0, 0.05) is 62.0 Å². The highest BCUT2D eigenvalue weighted by Gasteiger charge is 2.21. The second kappa shape index (κ2) is 9.38. The summed E-state index contributed by atoms with van der Waals surface area (Å²) in [5.74, 6) is 0.676. The standard InChI is InChI=1S/C19H24N4O3S/c1-26-17-4-2-3-16(13-17)21-19(25)23-10-8-22(9-11-23)7-6-20-18(24)15-5-12-27-14-15/h2-5,12-14H,6-11H2,1H3,(H,20,24)(H,21,25). The molecule has 1 aromatic heterocycles. The van der Waals surface area contributed by atoms with Gasteiger partial charge in [-0.3, -0.25) is 9.69 Å². The molecular weight excluding hydrogens is 364 g/mol. The Kier molecular flexibility index (Phi) is 6.67. The number of nitrogens with one attached hydrogen (secondary N) is 2. The van der Waals surface area contributed by atoms with Crippen LogP contribution in [-0.2, 0) is 0 Å². The van der Waals surface area contributed by atoms with Crippen LogP contribution in [0.25, 0.3) is 0 Å². The van der Waals surface area contributed by atoms with Crippen molar-refractivity contribution in [1.29, 1.82) is 0 Å². The van der Waals surface area contributed by atoms with Gasteiger partial charge in [-0.1, -0.05) is 6.07 Å². The lowest BCUT2D eigenvalue weighted by molar-refractivity contribution is 0.0943. The Hall–Kier alpha value is -2.58. The Morgan fingerprint density at radius 2 is 2.00 bits per heavy atom. The van der Waals surface area contributed by atoms with E-state index in [0.29, 0.717) is 30.9 Å². The first kappa shape index (κ1) is 19.2. The van der Waals surface area contributed by atoms with Crippen LogP contribution in [0.2, 0.25) is 0 Å². The first-order valence-electron chi connectivity index (χ1n) is 8.88. The topological polar surface area (TPSA) is 73.9 Å². The zero-order chi connectivity index (χ0) is 19.1. The average molecular weight is 388 g/mol. The summed E-state index contributed by atoms with van der Waals surface area (Å²) in [7, 11) is 1.60. The van der Waals surface area contributed by atoms with Gasteiger partial charge in [0.25, 0.3) is 5.91 Å². The molecule has 1 fully saturated rings. The summed E-state index contributed by atoms with van der Waals surface area (Å²) in [4.78, 5) is 28.4. The summed E-state index contributed by atoms with van der Waals surface area (Å²) in [6, 6.07) is 9.04. The minimum absolute atomic E-state index is 0.0347. The molecule has 3 rings (SSSR count). The number of methoxy groups -OCH3 is 1. The fraction of sp³-hybridized carbons (Fsp3) is 0.368. The van der Waals surface area contributed by atoms with Gasteiger partial charge in [-0.25, -0.2) is 4.79 Å². The number of thiophene rings is 1. The van der Waals surface area contributed by atoms with Crippen molar-refractivity contribution in [3.63, 3.8) is 0 Å². The first-order valence-corrected chi connectivity index (χ1v) is 9.83. The fourth-order valence-corrected chi connectivity index (χ4v) is 3.54. The molecule has 8 heteroatoms. The molecule has 0 unspecified atom stereocenters. The molecule has 7 nitrogen and oxygen atoms in total. The Balaban J connectivity index is 1.38. The van der Waals surface area contributed by atoms with E-state index in [0.717, 1.165) is 25.3 Å². The summed E-state index contributed by atoms with van der Waals surface area (Å²) in [5.41, 5.74) is 1.43. The molecule has 0 aliphatic carbocycles. The highest BCUT2D eigenvalue weighted by Crippen LogP contribution is 2.17. The van der Waals surface area contributed by atoms with Crippen molar-refractivity contribution in [2.45, 2.75) is 0 Å². The maximum atomic E-state index is 12.4. The predicted molar refractivity (Wildman–Crippen MR) is 107 cm³/mol. The molecule has 2 aromatic rings. The van der Waals surface area contributed by atoms with Gasteiger partial charge in [0.05, 0.1) is 7.11 Å². The first-order chi connectivity index (χ1) is 13.2. The highest BCUT2D eigenvalue weighted by molar-refractivity contribution is 7.08. The lowest BCUT2D eigenvalue weighted by Gasteiger charge is -2.34. The van der Waals surface area contributed by atoms with Crippen molar-refractivity contribution in [2.24, 2.45) is 0 Å². The van der Waals surface area contributed by atoms with Crippen LogP contribution >= 0.6 is 11.3 Å². The molecule has 1 aliphatic heterocycles. The number of amides is 3. The van der Waals surface area contributed by atoms with E-state index in [1.807, 2.05) is 35.0 Å². The number of rotatable bonds is 6. The molecule has 2 heterocycles. The van der Waals surface area contributed by atoms with Crippen LogP contribution in [0.15, 0.2) is 41.1 Å². The highest BCUT2D eigenvalue weighted by atomic mass is 32.1. The van der Waals surface area contributed by atoms with Crippen LogP contribution in [0, 0.1) is 0 Å². The van der Waals surface area contributed by atoms with Gasteiger partial charge in [0.2, 0.25) is 0 Å². The number of ether oxygens (including phenoxy) is 1. The monoisotopic (exact) mass is 388 g/mol. The molecule has 1 aromatic carbocycles. The molecule has 0 spiro atoms. The zero-order valence-electron chi connectivity index (χ0n) is 15.3. The quantitative estimate of drug-likeness (QED) is 0.797. The molecule has 0 saturated carbocycles. The molecule has 0 bridgehead atoms. The molecule has 27 heavy (non-hydrogen) atoms. The number of benzene rings is 1. The zero-order valence-corrected chi connectivity index (χ0v) is 16.1. The number of nitrogens with zero attached hydrogens (tertiary/aromatic N) is 2. The third kappa shape index (κ3) is 5.45. The minimum Gasteiger partial charge on any atom is -0.497 e. The summed E-state index contributed by atoms with van der Waals surface area (Å²) in [5, 5.41) is 9.57. The van der Waals surface area contributed by atoms with E-state index in [-0.39, 0.29) is 11.9 Å². The van der Waals surface area contributed by atoms with Crippen LogP contribution in [0.3, 0.4) is 0 Å². The van der Waals surface area contributed by atoms with Crippen LogP contribution in [0.5, 0.6) is 5.75 Å². The third-order valence-electron chi connectivity index (χ3n) is 4.48. The van der Waals surface area contributed by atoms with E-state index in [2.05, 4.69) is 15.5 Å². The largest absolute Gasteiger partial charge is 0.497 e. The van der Waals surface area contributed by atoms with E-state index in [1.165, 1.54) is 11.3 Å². The smallest absolute Gasteiger partial charge is 0.321 e. The van der Waals surface area contributed by atoms with Crippen molar-refractivity contribution in [3.05, 3.63) is 46.7 Å². The lowest BCUT2D eigenvalue weighted by atomic mass is 10.3. The number of carbonyl (C=O) groups is 2. The summed E-state index contributed by atoms with van der Waals surface area (Å²) < 4.78 is 5.17. The van der Waals surface area contributed by atoms with Crippen LogP contribution in [0.4, 0.5) is 10.5 Å². The van der Waals surface area contributed by atoms with Crippen molar-refractivity contribution < 1.29 is 14.3 Å². The van der Waals surface area contributed by atoms with Crippen LogP contribution in [-0.4, -0.2) is 68.1 Å². The van der Waals surface area contributed by atoms with Crippen LogP contribution < -0.4 is 15.4 Å². The average Bonchev–Trinajstić information content (AvgIpc) is 3.23. The van der Waals surface area contributed by atoms with Gasteiger partial charge in [0.1, 0.15) is 5.75 Å². The van der Waals surface area contributed by atoms with Gasteiger partial charge < -0.3 is 20.3 Å². The molecule has 1 aliphatic rings. The van der Waals surface area contributed by atoms with E-state index < -0.39 is 0 Å². The molecule has 0 atom stereocenters. The Bertz CT molecular complexity index is 758. The number of anilines is 1. The normalized spacial score (nSPS) is 14.6. The Morgan fingerprint density at radius 1 is 1.19 bits per heavy atom. The van der Waals surface area contributed by atoms with Gasteiger partial charge >= 0.3 is 6.03 Å². The predicted octanol–water partition coefficient (Wildman–Crippen LogP) is 2.34. The molecule has 3 amide bonds. The van der Waals surface area contributed by atoms with E-state index in [1.54, 1.807) is 18.1 Å². The van der Waals surface area contributed by atoms with Crippen LogP contribution in [0.1, 0.15) is 10.4 Å². The molecular formula is C19H24N4O3S. The van der Waals surface area contributed by atoms with Gasteiger partial charge in [-0.2, -0.15) is 11.3 Å². The van der Waals surface area contributed by atoms with Crippen molar-refractivity contribution in [2.75, 3.05) is 51.7 Å². The van der Waals surface area contributed by atoms with Gasteiger partial charge in [-0.05, 0) is 23.6 Å². The molecule has 0 radical (unpaired) electrons. The Morgan fingerprint density at radius 3 is 2.70 bits per heavy atom. The molecule has 2 N–H and O–H groups in total. The molecule has 1 saturated heterocycles. The second-order valence-corrected chi connectivity index (χ2v) is 7.04. The number of piperazine rings is 1. The number of hydrogen-bond donors (Lipinski definition) is 2. The van der Waals surface area contributed by atoms with Gasteiger partial charge in [-0.15, -0.1) is 0 Å². The van der Waals surface area contributed by atoms with Crippen molar-refractivity contribution >= 4 is 29.0 Å². The fourth-order valence-electron chi connectivity index (χ4n) is 2.90. The van der Waals surface area contributed by atoms with E-state index in [9.17, 15) is 9.59 Å². The molecule has 144 valence electrons. The van der Waals surface area contributed by atoms with Gasteiger partial charge in [0.15, 0.2) is 0 Å². The third-order valence-corrected chi connectivity index (χ3v) is 5.16. The number of carbonyl (C=O) groups excluding carboxylic acids is 2. The number of hydrogen-bond acceptors (Lipinski definition) is 5. The van der Waals surface area contributed by atoms with E-state index in [4.69, 9.17) is 4.74 Å². The summed E-state index contributed by atoms with van der Waals surface area (Å²) >= 11 is 1.51. The second-order valence-electron chi connectivity index (χ2n) is 6.26. The minimum atomic E-state index is -0.103.